The zero-order valence-electron chi connectivity index (χ0n) is 8.92. The number of sulfonamides is 1. The Morgan fingerprint density at radius 2 is 1.94 bits per heavy atom. The van der Waals surface area contributed by atoms with Crippen LogP contribution in [0.4, 0.5) is 11.4 Å². The first-order chi connectivity index (χ1) is 7.51. The lowest BCUT2D eigenvalue weighted by Gasteiger charge is -2.21. The zero-order valence-corrected chi connectivity index (χ0v) is 9.74. The number of nitriles is 1. The molecule has 0 saturated carbocycles. The second-order valence-electron chi connectivity index (χ2n) is 3.17. The molecule has 2 N–H and O–H groups in total. The Bertz CT molecular complexity index is 488. The fourth-order valence-electron chi connectivity index (χ4n) is 1.34. The van der Waals surface area contributed by atoms with E-state index in [-0.39, 0.29) is 6.54 Å². The Labute approximate surface area is 95.1 Å². The van der Waals surface area contributed by atoms with Crippen LogP contribution >= 0.6 is 0 Å². The van der Waals surface area contributed by atoms with Crippen molar-refractivity contribution in [3.05, 3.63) is 24.3 Å². The Morgan fingerprint density at radius 1 is 1.38 bits per heavy atom. The second kappa shape index (κ2) is 4.86. The normalized spacial score (nSPS) is 10.8. The first-order valence-corrected chi connectivity index (χ1v) is 6.35. The number of hydrogen-bond acceptors (Lipinski definition) is 4. The quantitative estimate of drug-likeness (QED) is 0.792. The lowest BCUT2D eigenvalue weighted by molar-refractivity contribution is 0.595. The van der Waals surface area contributed by atoms with Gasteiger partial charge in [-0.25, -0.2) is 8.42 Å². The Hall–Kier alpha value is -1.74. The van der Waals surface area contributed by atoms with E-state index in [9.17, 15) is 8.42 Å². The number of hydrogen-bond donors (Lipinski definition) is 1. The maximum atomic E-state index is 11.7. The first kappa shape index (κ1) is 12.3. The highest BCUT2D eigenvalue weighted by Crippen LogP contribution is 2.19. The van der Waals surface area contributed by atoms with Crippen molar-refractivity contribution in [2.45, 2.75) is 6.92 Å². The van der Waals surface area contributed by atoms with Gasteiger partial charge in [0.15, 0.2) is 5.75 Å². The average Bonchev–Trinajstić information content (AvgIpc) is 2.21. The molecule has 0 atom stereocenters. The zero-order chi connectivity index (χ0) is 12.2. The van der Waals surface area contributed by atoms with E-state index in [1.54, 1.807) is 37.3 Å². The van der Waals surface area contributed by atoms with E-state index in [2.05, 4.69) is 0 Å². The van der Waals surface area contributed by atoms with Gasteiger partial charge in [0.2, 0.25) is 10.0 Å². The summed E-state index contributed by atoms with van der Waals surface area (Å²) in [7, 11) is -3.56. The van der Waals surface area contributed by atoms with E-state index in [0.29, 0.717) is 11.4 Å². The van der Waals surface area contributed by atoms with Crippen LogP contribution in [-0.2, 0) is 10.0 Å². The van der Waals surface area contributed by atoms with Crippen molar-refractivity contribution in [3.63, 3.8) is 0 Å². The van der Waals surface area contributed by atoms with Gasteiger partial charge in [0.1, 0.15) is 0 Å². The van der Waals surface area contributed by atoms with Crippen LogP contribution < -0.4 is 10.0 Å². The van der Waals surface area contributed by atoms with Crippen molar-refractivity contribution in [1.82, 2.24) is 0 Å². The van der Waals surface area contributed by atoms with Crippen molar-refractivity contribution >= 4 is 21.4 Å². The average molecular weight is 239 g/mol. The van der Waals surface area contributed by atoms with Crippen LogP contribution in [0.3, 0.4) is 0 Å². The molecule has 0 aliphatic rings. The molecule has 1 aromatic rings. The number of benzene rings is 1. The molecule has 0 aliphatic carbocycles. The molecule has 86 valence electrons. The predicted octanol–water partition coefficient (Wildman–Crippen LogP) is 0.948. The molecule has 6 heteroatoms. The molecule has 0 aromatic heterocycles. The molecule has 5 nitrogen and oxygen atoms in total. The molecule has 1 rings (SSSR count). The van der Waals surface area contributed by atoms with Crippen LogP contribution in [-0.4, -0.2) is 20.7 Å². The Kier molecular flexibility index (Phi) is 3.74. The summed E-state index contributed by atoms with van der Waals surface area (Å²) in [5.74, 6) is -0.523. The molecule has 0 radical (unpaired) electrons. The van der Waals surface area contributed by atoms with Crippen molar-refractivity contribution < 1.29 is 8.42 Å². The van der Waals surface area contributed by atoms with Gasteiger partial charge < -0.3 is 5.73 Å². The van der Waals surface area contributed by atoms with Crippen LogP contribution in [0.1, 0.15) is 6.92 Å². The van der Waals surface area contributed by atoms with Crippen molar-refractivity contribution in [2.24, 2.45) is 0 Å². The summed E-state index contributed by atoms with van der Waals surface area (Å²) in [6.45, 7) is 2.00. The third-order valence-electron chi connectivity index (χ3n) is 2.05. The topological polar surface area (TPSA) is 87.2 Å². The SMILES string of the molecule is CCN(c1ccc(N)cc1)S(=O)(=O)CC#N. The molecule has 0 amide bonds. The third kappa shape index (κ3) is 2.64. The molecule has 0 saturated heterocycles. The second-order valence-corrected chi connectivity index (χ2v) is 5.06. The van der Waals surface area contributed by atoms with Gasteiger partial charge in [-0.2, -0.15) is 5.26 Å². The number of nitrogen functional groups attached to an aromatic ring is 1. The predicted molar refractivity (Wildman–Crippen MR) is 63.3 cm³/mol. The third-order valence-corrected chi connectivity index (χ3v) is 3.69. The molecule has 16 heavy (non-hydrogen) atoms. The molecule has 0 aliphatic heterocycles. The Balaban J connectivity index is 3.09. The van der Waals surface area contributed by atoms with Crippen LogP contribution in [0.2, 0.25) is 0 Å². The Morgan fingerprint density at radius 3 is 2.38 bits per heavy atom. The molecule has 0 fully saturated rings. The van der Waals surface area contributed by atoms with E-state index in [1.165, 1.54) is 4.31 Å². The summed E-state index contributed by atoms with van der Waals surface area (Å²) in [5.41, 5.74) is 6.60. The van der Waals surface area contributed by atoms with E-state index in [1.807, 2.05) is 0 Å². The van der Waals surface area contributed by atoms with E-state index >= 15 is 0 Å². The summed E-state index contributed by atoms with van der Waals surface area (Å²) < 4.78 is 24.6. The van der Waals surface area contributed by atoms with Crippen LogP contribution in [0.25, 0.3) is 0 Å². The van der Waals surface area contributed by atoms with Gasteiger partial charge in [0.25, 0.3) is 0 Å². The molecular formula is C10H13N3O2S. The minimum absolute atomic E-state index is 0.286. The van der Waals surface area contributed by atoms with Crippen molar-refractivity contribution in [2.75, 3.05) is 22.3 Å². The largest absolute Gasteiger partial charge is 0.399 e. The van der Waals surface area contributed by atoms with Gasteiger partial charge in [0, 0.05) is 12.2 Å². The lowest BCUT2D eigenvalue weighted by atomic mass is 10.3. The van der Waals surface area contributed by atoms with Crippen molar-refractivity contribution in [1.29, 1.82) is 5.26 Å². The summed E-state index contributed by atoms with van der Waals surface area (Å²) in [6.07, 6.45) is 0. The highest BCUT2D eigenvalue weighted by atomic mass is 32.2. The highest BCUT2D eigenvalue weighted by molar-refractivity contribution is 7.93. The smallest absolute Gasteiger partial charge is 0.248 e. The summed E-state index contributed by atoms with van der Waals surface area (Å²) in [6, 6.07) is 8.14. The maximum Gasteiger partial charge on any atom is 0.248 e. The minimum atomic E-state index is -3.56. The number of anilines is 2. The molecule has 0 heterocycles. The number of rotatable bonds is 4. The van der Waals surface area contributed by atoms with Crippen LogP contribution in [0, 0.1) is 11.3 Å². The fraction of sp³-hybridized carbons (Fsp3) is 0.300. The van der Waals surface area contributed by atoms with E-state index < -0.39 is 15.8 Å². The number of nitrogens with two attached hydrogens (primary N) is 1. The van der Waals surface area contributed by atoms with Gasteiger partial charge in [0.05, 0.1) is 11.8 Å². The molecular weight excluding hydrogens is 226 g/mol. The van der Waals surface area contributed by atoms with Gasteiger partial charge in [-0.15, -0.1) is 0 Å². The van der Waals surface area contributed by atoms with Gasteiger partial charge in [-0.1, -0.05) is 0 Å². The maximum absolute atomic E-state index is 11.7. The standard InChI is InChI=1S/C10H13N3O2S/c1-2-13(16(14,15)8-7-11)10-5-3-9(12)4-6-10/h3-6H,2,8,12H2,1H3. The highest BCUT2D eigenvalue weighted by Gasteiger charge is 2.20. The summed E-state index contributed by atoms with van der Waals surface area (Å²) in [4.78, 5) is 0. The molecule has 0 spiro atoms. The number of nitrogens with zero attached hydrogens (tertiary/aromatic N) is 2. The van der Waals surface area contributed by atoms with Gasteiger partial charge in [-0.05, 0) is 31.2 Å². The summed E-state index contributed by atoms with van der Waals surface area (Å²) in [5, 5.41) is 8.46. The van der Waals surface area contributed by atoms with E-state index in [4.69, 9.17) is 11.0 Å². The molecule has 1 aromatic carbocycles. The first-order valence-electron chi connectivity index (χ1n) is 4.74. The van der Waals surface area contributed by atoms with Crippen molar-refractivity contribution in [3.8, 4) is 6.07 Å². The van der Waals surface area contributed by atoms with Gasteiger partial charge >= 0.3 is 0 Å². The lowest BCUT2D eigenvalue weighted by Crippen LogP contribution is -2.32. The minimum Gasteiger partial charge on any atom is -0.399 e. The van der Waals surface area contributed by atoms with Gasteiger partial charge in [-0.3, -0.25) is 4.31 Å². The van der Waals surface area contributed by atoms with Crippen LogP contribution in [0.15, 0.2) is 24.3 Å². The molecule has 0 unspecified atom stereocenters. The van der Waals surface area contributed by atoms with Crippen LogP contribution in [0.5, 0.6) is 0 Å². The molecule has 0 bridgehead atoms. The van der Waals surface area contributed by atoms with E-state index in [0.717, 1.165) is 0 Å². The fourth-order valence-corrected chi connectivity index (χ4v) is 2.50. The monoisotopic (exact) mass is 239 g/mol. The summed E-state index contributed by atoms with van der Waals surface area (Å²) >= 11 is 0.